The molecule has 0 bridgehead atoms. The zero-order valence-electron chi connectivity index (χ0n) is 16.7. The summed E-state index contributed by atoms with van der Waals surface area (Å²) < 4.78 is 7.52. The molecule has 3 aromatic heterocycles. The molecule has 5 rings (SSSR count). The molecule has 1 fully saturated rings. The van der Waals surface area contributed by atoms with Crippen LogP contribution >= 0.6 is 11.6 Å². The molecule has 1 saturated heterocycles. The van der Waals surface area contributed by atoms with Gasteiger partial charge in [0.15, 0.2) is 11.4 Å². The summed E-state index contributed by atoms with van der Waals surface area (Å²) in [5, 5.41) is 10.3. The second kappa shape index (κ2) is 7.28. The summed E-state index contributed by atoms with van der Waals surface area (Å²) in [6.07, 6.45) is 1.61. The predicted molar refractivity (Wildman–Crippen MR) is 115 cm³/mol. The smallest absolute Gasteiger partial charge is 0.225 e. The first-order valence-corrected chi connectivity index (χ1v) is 10.3. The second-order valence-corrected chi connectivity index (χ2v) is 8.14. The molecule has 30 heavy (non-hydrogen) atoms. The number of rotatable bonds is 3. The van der Waals surface area contributed by atoms with Crippen molar-refractivity contribution in [3.63, 3.8) is 0 Å². The molecular weight excluding hydrogens is 404 g/mol. The van der Waals surface area contributed by atoms with Gasteiger partial charge in [0.05, 0.1) is 11.8 Å². The molecule has 4 heterocycles. The van der Waals surface area contributed by atoms with Crippen LogP contribution in [0.1, 0.15) is 13.8 Å². The van der Waals surface area contributed by atoms with Gasteiger partial charge in [0.1, 0.15) is 0 Å². The number of fused-ring (bicyclic) bond motifs is 3. The van der Waals surface area contributed by atoms with Crippen LogP contribution in [0.5, 0.6) is 0 Å². The summed E-state index contributed by atoms with van der Waals surface area (Å²) in [7, 11) is 0. The van der Waals surface area contributed by atoms with E-state index in [1.165, 1.54) is 0 Å². The maximum absolute atomic E-state index is 12.4. The Kier molecular flexibility index (Phi) is 4.58. The molecule has 0 unspecified atom stereocenters. The van der Waals surface area contributed by atoms with E-state index in [-0.39, 0.29) is 11.8 Å². The highest BCUT2D eigenvalue weighted by Crippen LogP contribution is 2.30. The van der Waals surface area contributed by atoms with E-state index in [1.54, 1.807) is 6.26 Å². The minimum Gasteiger partial charge on any atom is -0.461 e. The summed E-state index contributed by atoms with van der Waals surface area (Å²) in [4.78, 5) is 21.4. The third kappa shape index (κ3) is 3.08. The molecule has 1 aliphatic rings. The number of amides is 1. The molecule has 0 saturated carbocycles. The average Bonchev–Trinajstić information content (AvgIpc) is 3.42. The zero-order valence-corrected chi connectivity index (χ0v) is 17.5. The SMILES string of the molecule is CC(C)C(=O)N1CCN(c2nc3cc(Cl)ccc3c3nnc(-c4ccco4)n23)CC1. The quantitative estimate of drug-likeness (QED) is 0.500. The fourth-order valence-electron chi connectivity index (χ4n) is 3.86. The monoisotopic (exact) mass is 424 g/mol. The van der Waals surface area contributed by atoms with E-state index in [4.69, 9.17) is 21.0 Å². The number of benzene rings is 1. The molecule has 1 aliphatic heterocycles. The Morgan fingerprint density at radius 1 is 1.13 bits per heavy atom. The first-order chi connectivity index (χ1) is 14.5. The molecule has 1 aromatic carbocycles. The lowest BCUT2D eigenvalue weighted by atomic mass is 10.1. The summed E-state index contributed by atoms with van der Waals surface area (Å²) in [6, 6.07) is 9.23. The number of piperazine rings is 1. The van der Waals surface area contributed by atoms with Crippen LogP contribution in [0.4, 0.5) is 5.95 Å². The van der Waals surface area contributed by atoms with Crippen molar-refractivity contribution in [3.8, 4) is 11.6 Å². The molecule has 0 aliphatic carbocycles. The lowest BCUT2D eigenvalue weighted by Gasteiger charge is -2.36. The van der Waals surface area contributed by atoms with E-state index in [0.29, 0.717) is 54.4 Å². The number of aromatic nitrogens is 4. The summed E-state index contributed by atoms with van der Waals surface area (Å²) in [5.74, 6) is 2.10. The fourth-order valence-corrected chi connectivity index (χ4v) is 4.03. The van der Waals surface area contributed by atoms with E-state index >= 15 is 0 Å². The highest BCUT2D eigenvalue weighted by molar-refractivity contribution is 6.31. The maximum atomic E-state index is 12.4. The average molecular weight is 425 g/mol. The third-order valence-electron chi connectivity index (χ3n) is 5.39. The van der Waals surface area contributed by atoms with Crippen LogP contribution < -0.4 is 4.90 Å². The number of anilines is 1. The van der Waals surface area contributed by atoms with Gasteiger partial charge in [-0.3, -0.25) is 4.79 Å². The van der Waals surface area contributed by atoms with E-state index < -0.39 is 0 Å². The Labute approximate surface area is 178 Å². The Morgan fingerprint density at radius 2 is 1.93 bits per heavy atom. The number of halogens is 1. The molecule has 0 N–H and O–H groups in total. The summed E-state index contributed by atoms with van der Waals surface area (Å²) in [6.45, 7) is 6.49. The minimum absolute atomic E-state index is 0.00686. The molecule has 154 valence electrons. The van der Waals surface area contributed by atoms with Crippen molar-refractivity contribution >= 4 is 40.0 Å². The van der Waals surface area contributed by atoms with Gasteiger partial charge in [-0.05, 0) is 30.3 Å². The van der Waals surface area contributed by atoms with Crippen LogP contribution in [-0.4, -0.2) is 56.6 Å². The highest BCUT2D eigenvalue weighted by Gasteiger charge is 2.27. The van der Waals surface area contributed by atoms with Crippen molar-refractivity contribution < 1.29 is 9.21 Å². The first kappa shape index (κ1) is 18.9. The van der Waals surface area contributed by atoms with Gasteiger partial charge in [0, 0.05) is 42.5 Å². The Hall–Kier alpha value is -3.13. The van der Waals surface area contributed by atoms with Crippen LogP contribution in [0.3, 0.4) is 0 Å². The number of hydrogen-bond donors (Lipinski definition) is 0. The van der Waals surface area contributed by atoms with Gasteiger partial charge >= 0.3 is 0 Å². The second-order valence-electron chi connectivity index (χ2n) is 7.70. The van der Waals surface area contributed by atoms with E-state index in [0.717, 1.165) is 10.9 Å². The van der Waals surface area contributed by atoms with Gasteiger partial charge in [0.2, 0.25) is 17.7 Å². The number of hydrogen-bond acceptors (Lipinski definition) is 6. The fraction of sp³-hybridized carbons (Fsp3) is 0.333. The first-order valence-electron chi connectivity index (χ1n) is 9.95. The molecule has 4 aromatic rings. The number of nitrogens with zero attached hydrogens (tertiary/aromatic N) is 6. The summed E-state index contributed by atoms with van der Waals surface area (Å²) >= 11 is 6.22. The third-order valence-corrected chi connectivity index (χ3v) is 5.63. The molecule has 0 atom stereocenters. The predicted octanol–water partition coefficient (Wildman–Crippen LogP) is 3.50. The molecule has 9 heteroatoms. The van der Waals surface area contributed by atoms with Gasteiger partial charge in [-0.2, -0.15) is 0 Å². The van der Waals surface area contributed by atoms with E-state index in [9.17, 15) is 4.79 Å². The number of carbonyl (C=O) groups excluding carboxylic acids is 1. The van der Waals surface area contributed by atoms with Crippen LogP contribution in [0.15, 0.2) is 41.0 Å². The molecule has 0 spiro atoms. The van der Waals surface area contributed by atoms with Gasteiger partial charge in [-0.1, -0.05) is 25.4 Å². The molecular formula is C21H21ClN6O2. The highest BCUT2D eigenvalue weighted by atomic mass is 35.5. The van der Waals surface area contributed by atoms with Gasteiger partial charge in [-0.25, -0.2) is 9.38 Å². The van der Waals surface area contributed by atoms with Crippen LogP contribution in [0, 0.1) is 5.92 Å². The Bertz CT molecular complexity index is 1230. The van der Waals surface area contributed by atoms with E-state index in [1.807, 2.05) is 53.5 Å². The van der Waals surface area contributed by atoms with E-state index in [2.05, 4.69) is 15.1 Å². The summed E-state index contributed by atoms with van der Waals surface area (Å²) in [5.41, 5.74) is 1.45. The van der Waals surface area contributed by atoms with Crippen LogP contribution in [0.25, 0.3) is 28.1 Å². The zero-order chi connectivity index (χ0) is 20.8. The molecule has 1 amide bonds. The Balaban J connectivity index is 1.63. The lowest BCUT2D eigenvalue weighted by Crippen LogP contribution is -2.50. The van der Waals surface area contributed by atoms with Crippen molar-refractivity contribution in [3.05, 3.63) is 41.6 Å². The van der Waals surface area contributed by atoms with Crippen LogP contribution in [-0.2, 0) is 4.79 Å². The van der Waals surface area contributed by atoms with Gasteiger partial charge in [0.25, 0.3) is 0 Å². The topological polar surface area (TPSA) is 79.8 Å². The van der Waals surface area contributed by atoms with Crippen molar-refractivity contribution in [2.75, 3.05) is 31.1 Å². The van der Waals surface area contributed by atoms with Gasteiger partial charge in [-0.15, -0.1) is 10.2 Å². The molecule has 8 nitrogen and oxygen atoms in total. The molecule has 0 radical (unpaired) electrons. The largest absolute Gasteiger partial charge is 0.461 e. The Morgan fingerprint density at radius 3 is 2.63 bits per heavy atom. The lowest BCUT2D eigenvalue weighted by molar-refractivity contribution is -0.134. The van der Waals surface area contributed by atoms with Crippen molar-refractivity contribution in [1.29, 1.82) is 0 Å². The van der Waals surface area contributed by atoms with Crippen molar-refractivity contribution in [2.45, 2.75) is 13.8 Å². The normalized spacial score (nSPS) is 14.9. The maximum Gasteiger partial charge on any atom is 0.225 e. The van der Waals surface area contributed by atoms with Gasteiger partial charge < -0.3 is 14.2 Å². The van der Waals surface area contributed by atoms with Crippen molar-refractivity contribution in [2.24, 2.45) is 5.92 Å². The minimum atomic E-state index is -0.00686. The van der Waals surface area contributed by atoms with Crippen LogP contribution in [0.2, 0.25) is 5.02 Å². The number of carbonyl (C=O) groups is 1. The number of furan rings is 1. The standard InChI is InChI=1S/C21H21ClN6O2/c1-13(2)20(29)26-7-9-27(10-8-26)21-23-16-12-14(22)5-6-15(16)18-24-25-19(28(18)21)17-4-3-11-30-17/h3-6,11-13H,7-10H2,1-2H3. The van der Waals surface area contributed by atoms with Crippen molar-refractivity contribution in [1.82, 2.24) is 24.5 Å².